The first kappa shape index (κ1) is 23.1. The first-order valence-corrected chi connectivity index (χ1v) is 8.73. The second-order valence-corrected chi connectivity index (χ2v) is 6.79. The van der Waals surface area contributed by atoms with Crippen LogP contribution in [0.25, 0.3) is 0 Å². The highest BCUT2D eigenvalue weighted by Crippen LogP contribution is 2.28. The number of halogens is 3. The van der Waals surface area contributed by atoms with Crippen LogP contribution in [0.4, 0.5) is 4.39 Å². The second-order valence-electron chi connectivity index (χ2n) is 6.79. The van der Waals surface area contributed by atoms with Gasteiger partial charge in [0.25, 0.3) is 0 Å². The maximum atomic E-state index is 13.2. The summed E-state index contributed by atoms with van der Waals surface area (Å²) in [5.41, 5.74) is 6.50. The molecule has 5 nitrogen and oxygen atoms in total. The lowest BCUT2D eigenvalue weighted by atomic mass is 9.97. The third kappa shape index (κ3) is 5.54. The Hall–Kier alpha value is -0.920. The molecule has 0 spiro atoms. The van der Waals surface area contributed by atoms with Crippen LogP contribution in [-0.4, -0.2) is 49.2 Å². The predicted molar refractivity (Wildman–Crippen MR) is 104 cm³/mol. The van der Waals surface area contributed by atoms with Crippen LogP contribution in [0.2, 0.25) is 0 Å². The minimum absolute atomic E-state index is 0. The van der Waals surface area contributed by atoms with Crippen molar-refractivity contribution in [2.75, 3.05) is 32.8 Å². The maximum Gasteiger partial charge on any atom is 0.240 e. The summed E-state index contributed by atoms with van der Waals surface area (Å²) in [6.07, 6.45) is 3.51. The van der Waals surface area contributed by atoms with E-state index in [1.807, 2.05) is 0 Å². The van der Waals surface area contributed by atoms with E-state index in [1.54, 1.807) is 12.1 Å². The largest absolute Gasteiger partial charge is 0.379 e. The fourth-order valence-corrected chi connectivity index (χ4v) is 3.63. The molecule has 1 aliphatic heterocycles. The summed E-state index contributed by atoms with van der Waals surface area (Å²) >= 11 is 0. The van der Waals surface area contributed by atoms with E-state index in [9.17, 15) is 9.18 Å². The van der Waals surface area contributed by atoms with Crippen LogP contribution in [0.3, 0.4) is 0 Å². The SMILES string of the molecule is Cl.Cl.NC1(C(=O)NCC(c2ccc(F)cc2)N2CCOCC2)CCCC1. The van der Waals surface area contributed by atoms with Crippen LogP contribution in [0.1, 0.15) is 37.3 Å². The summed E-state index contributed by atoms with van der Waals surface area (Å²) in [5, 5.41) is 3.04. The van der Waals surface area contributed by atoms with E-state index in [0.29, 0.717) is 19.8 Å². The highest BCUT2D eigenvalue weighted by atomic mass is 35.5. The molecule has 8 heteroatoms. The fourth-order valence-electron chi connectivity index (χ4n) is 3.63. The molecule has 3 rings (SSSR count). The summed E-state index contributed by atoms with van der Waals surface area (Å²) in [6, 6.07) is 6.51. The molecule has 1 heterocycles. The average Bonchev–Trinajstić information content (AvgIpc) is 3.05. The van der Waals surface area contributed by atoms with Gasteiger partial charge in [0.05, 0.1) is 24.8 Å². The Bertz CT molecular complexity index is 562. The molecule has 2 fully saturated rings. The van der Waals surface area contributed by atoms with Crippen molar-refractivity contribution >= 4 is 30.7 Å². The van der Waals surface area contributed by atoms with Crippen LogP contribution in [-0.2, 0) is 9.53 Å². The van der Waals surface area contributed by atoms with Crippen molar-refractivity contribution in [3.63, 3.8) is 0 Å². The number of nitrogens with one attached hydrogen (secondary N) is 1. The molecule has 3 N–H and O–H groups in total. The van der Waals surface area contributed by atoms with E-state index >= 15 is 0 Å². The minimum atomic E-state index is -0.724. The van der Waals surface area contributed by atoms with E-state index in [1.165, 1.54) is 12.1 Å². The number of carbonyl (C=O) groups excluding carboxylic acids is 1. The Morgan fingerprint density at radius 1 is 1.19 bits per heavy atom. The van der Waals surface area contributed by atoms with Crippen molar-refractivity contribution in [3.8, 4) is 0 Å². The van der Waals surface area contributed by atoms with E-state index in [2.05, 4.69) is 10.2 Å². The molecule has 1 saturated carbocycles. The topological polar surface area (TPSA) is 67.6 Å². The number of benzene rings is 1. The van der Waals surface area contributed by atoms with Crippen LogP contribution in [0.15, 0.2) is 24.3 Å². The van der Waals surface area contributed by atoms with Gasteiger partial charge in [0.15, 0.2) is 0 Å². The highest BCUT2D eigenvalue weighted by Gasteiger charge is 2.37. The molecule has 1 amide bonds. The van der Waals surface area contributed by atoms with Gasteiger partial charge in [0, 0.05) is 19.6 Å². The van der Waals surface area contributed by atoms with Gasteiger partial charge >= 0.3 is 0 Å². The third-order valence-corrected chi connectivity index (χ3v) is 5.15. The van der Waals surface area contributed by atoms with Gasteiger partial charge in [-0.3, -0.25) is 9.69 Å². The van der Waals surface area contributed by atoms with Crippen molar-refractivity contribution in [1.82, 2.24) is 10.2 Å². The number of hydrogen-bond acceptors (Lipinski definition) is 4. The van der Waals surface area contributed by atoms with Gasteiger partial charge in [-0.25, -0.2) is 4.39 Å². The standard InChI is InChI=1S/C18H26FN3O2.2ClH/c19-15-5-3-14(4-6-15)16(22-9-11-24-12-10-22)13-21-17(23)18(20)7-1-2-8-18;;/h3-6,16H,1-2,7-13,20H2,(H,21,23);2*1H. The molecule has 1 atom stereocenters. The molecule has 2 aliphatic rings. The molecular formula is C18H28Cl2FN3O2. The van der Waals surface area contributed by atoms with Gasteiger partial charge in [-0.15, -0.1) is 24.8 Å². The Morgan fingerprint density at radius 2 is 1.77 bits per heavy atom. The molecule has 1 unspecified atom stereocenters. The molecular weight excluding hydrogens is 380 g/mol. The smallest absolute Gasteiger partial charge is 0.240 e. The number of amides is 1. The first-order chi connectivity index (χ1) is 11.6. The zero-order valence-corrected chi connectivity index (χ0v) is 16.4. The van der Waals surface area contributed by atoms with Gasteiger partial charge in [-0.1, -0.05) is 25.0 Å². The number of nitrogens with zero attached hydrogens (tertiary/aromatic N) is 1. The summed E-state index contributed by atoms with van der Waals surface area (Å²) in [7, 11) is 0. The normalized spacial score (nSPS) is 20.5. The molecule has 1 aromatic carbocycles. The van der Waals surface area contributed by atoms with Gasteiger partial charge in [0.1, 0.15) is 5.82 Å². The van der Waals surface area contributed by atoms with Crippen LogP contribution < -0.4 is 11.1 Å². The lowest BCUT2D eigenvalue weighted by Gasteiger charge is -2.35. The van der Waals surface area contributed by atoms with Crippen molar-refractivity contribution in [2.24, 2.45) is 5.73 Å². The Balaban J connectivity index is 0.00000169. The highest BCUT2D eigenvalue weighted by molar-refractivity contribution is 5.86. The van der Waals surface area contributed by atoms with Crippen molar-refractivity contribution in [1.29, 1.82) is 0 Å². The molecule has 1 saturated heterocycles. The molecule has 1 aromatic rings. The molecule has 0 aromatic heterocycles. The van der Waals surface area contributed by atoms with Crippen molar-refractivity contribution < 1.29 is 13.9 Å². The monoisotopic (exact) mass is 407 g/mol. The Kier molecular flexibility index (Phi) is 9.27. The van der Waals surface area contributed by atoms with E-state index < -0.39 is 5.54 Å². The second kappa shape index (κ2) is 10.4. The van der Waals surface area contributed by atoms with E-state index in [0.717, 1.165) is 44.3 Å². The lowest BCUT2D eigenvalue weighted by molar-refractivity contribution is -0.126. The van der Waals surface area contributed by atoms with Gasteiger partial charge in [0.2, 0.25) is 5.91 Å². The first-order valence-electron chi connectivity index (χ1n) is 8.73. The fraction of sp³-hybridized carbons (Fsp3) is 0.611. The van der Waals surface area contributed by atoms with Crippen molar-refractivity contribution in [3.05, 3.63) is 35.6 Å². The zero-order chi connectivity index (χ0) is 17.0. The predicted octanol–water partition coefficient (Wildman–Crippen LogP) is 2.43. The van der Waals surface area contributed by atoms with E-state index in [4.69, 9.17) is 10.5 Å². The number of rotatable bonds is 5. The number of hydrogen-bond donors (Lipinski definition) is 2. The Labute approximate surface area is 166 Å². The number of ether oxygens (including phenoxy) is 1. The van der Waals surface area contributed by atoms with Crippen LogP contribution in [0.5, 0.6) is 0 Å². The number of nitrogens with two attached hydrogens (primary N) is 1. The zero-order valence-electron chi connectivity index (χ0n) is 14.8. The average molecular weight is 408 g/mol. The van der Waals surface area contributed by atoms with Gasteiger partial charge < -0.3 is 15.8 Å². The van der Waals surface area contributed by atoms with Crippen LogP contribution in [0, 0.1) is 5.82 Å². The minimum Gasteiger partial charge on any atom is -0.379 e. The number of carbonyl (C=O) groups is 1. The van der Waals surface area contributed by atoms with Crippen LogP contribution >= 0.6 is 24.8 Å². The quantitative estimate of drug-likeness (QED) is 0.786. The molecule has 26 heavy (non-hydrogen) atoms. The summed E-state index contributed by atoms with van der Waals surface area (Å²) in [4.78, 5) is 14.8. The molecule has 0 bridgehead atoms. The van der Waals surface area contributed by atoms with Gasteiger partial charge in [-0.2, -0.15) is 0 Å². The summed E-state index contributed by atoms with van der Waals surface area (Å²) < 4.78 is 18.7. The summed E-state index contributed by atoms with van der Waals surface area (Å²) in [6.45, 7) is 3.42. The maximum absolute atomic E-state index is 13.2. The lowest BCUT2D eigenvalue weighted by Crippen LogP contribution is -2.54. The molecule has 1 aliphatic carbocycles. The number of morpholine rings is 1. The van der Waals surface area contributed by atoms with E-state index in [-0.39, 0.29) is 42.6 Å². The third-order valence-electron chi connectivity index (χ3n) is 5.15. The molecule has 0 radical (unpaired) electrons. The summed E-state index contributed by atoms with van der Waals surface area (Å²) in [5.74, 6) is -0.323. The van der Waals surface area contributed by atoms with Crippen molar-refractivity contribution in [2.45, 2.75) is 37.3 Å². The molecule has 148 valence electrons. The Morgan fingerprint density at radius 3 is 2.35 bits per heavy atom. The van der Waals surface area contributed by atoms with Gasteiger partial charge in [-0.05, 0) is 30.5 Å².